The van der Waals surface area contributed by atoms with E-state index in [0.717, 1.165) is 11.1 Å². The van der Waals surface area contributed by atoms with E-state index in [9.17, 15) is 4.79 Å². The monoisotopic (exact) mass is 392 g/mol. The SMILES string of the molecule is Cc1ccc(C(C)(C)C)c(OCC(=O)NN=Cc2ccc(Cl)cc2Cl)c1. The van der Waals surface area contributed by atoms with Crippen LogP contribution in [0.5, 0.6) is 5.75 Å². The standard InChI is InChI=1S/C20H22Cl2N2O2/c1-13-5-8-16(20(2,3)4)18(9-13)26-12-19(25)24-23-11-14-6-7-15(21)10-17(14)22/h5-11H,12H2,1-4H3,(H,24,25). The van der Waals surface area contributed by atoms with Gasteiger partial charge in [-0.1, -0.05) is 62.2 Å². The highest BCUT2D eigenvalue weighted by Crippen LogP contribution is 2.32. The number of amides is 1. The fraction of sp³-hybridized carbons (Fsp3) is 0.300. The van der Waals surface area contributed by atoms with Gasteiger partial charge in [0.25, 0.3) is 5.91 Å². The van der Waals surface area contributed by atoms with Gasteiger partial charge in [0.15, 0.2) is 6.61 Å². The number of nitrogens with zero attached hydrogens (tertiary/aromatic N) is 1. The maximum absolute atomic E-state index is 12.0. The third-order valence-corrected chi connectivity index (χ3v) is 4.22. The summed E-state index contributed by atoms with van der Waals surface area (Å²) in [5, 5.41) is 4.90. The Balaban J connectivity index is 1.97. The normalized spacial score (nSPS) is 11.6. The lowest BCUT2D eigenvalue weighted by Crippen LogP contribution is -2.25. The fourth-order valence-electron chi connectivity index (χ4n) is 2.32. The topological polar surface area (TPSA) is 50.7 Å². The molecule has 0 aliphatic carbocycles. The molecule has 1 amide bonds. The van der Waals surface area contributed by atoms with Gasteiger partial charge >= 0.3 is 0 Å². The molecule has 138 valence electrons. The second-order valence-electron chi connectivity index (χ2n) is 7.00. The van der Waals surface area contributed by atoms with Crippen LogP contribution in [0, 0.1) is 6.92 Å². The number of hydrazone groups is 1. The zero-order valence-electron chi connectivity index (χ0n) is 15.3. The summed E-state index contributed by atoms with van der Waals surface area (Å²) in [6, 6.07) is 11.0. The minimum absolute atomic E-state index is 0.0804. The van der Waals surface area contributed by atoms with E-state index in [-0.39, 0.29) is 17.9 Å². The van der Waals surface area contributed by atoms with Crippen molar-refractivity contribution in [1.29, 1.82) is 0 Å². The summed E-state index contributed by atoms with van der Waals surface area (Å²) in [6.07, 6.45) is 1.46. The number of hydrogen-bond donors (Lipinski definition) is 1. The highest BCUT2D eigenvalue weighted by Gasteiger charge is 2.19. The van der Waals surface area contributed by atoms with E-state index in [1.54, 1.807) is 18.2 Å². The van der Waals surface area contributed by atoms with Gasteiger partial charge in [-0.3, -0.25) is 4.79 Å². The molecule has 0 atom stereocenters. The molecule has 0 unspecified atom stereocenters. The molecule has 0 aromatic heterocycles. The molecule has 0 spiro atoms. The minimum atomic E-state index is -0.354. The van der Waals surface area contributed by atoms with Gasteiger partial charge in [-0.15, -0.1) is 0 Å². The van der Waals surface area contributed by atoms with E-state index < -0.39 is 0 Å². The molecule has 0 heterocycles. The number of rotatable bonds is 5. The summed E-state index contributed by atoms with van der Waals surface area (Å²) < 4.78 is 5.72. The Labute approximate surface area is 164 Å². The van der Waals surface area contributed by atoms with Crippen molar-refractivity contribution in [1.82, 2.24) is 5.43 Å². The Hall–Kier alpha value is -2.04. The van der Waals surface area contributed by atoms with Crippen molar-refractivity contribution in [3.8, 4) is 5.75 Å². The number of carbonyl (C=O) groups is 1. The maximum atomic E-state index is 12.0. The van der Waals surface area contributed by atoms with Crippen molar-refractivity contribution in [3.05, 3.63) is 63.1 Å². The van der Waals surface area contributed by atoms with Crippen LogP contribution < -0.4 is 10.2 Å². The lowest BCUT2D eigenvalue weighted by Gasteiger charge is -2.23. The Morgan fingerprint density at radius 1 is 1.19 bits per heavy atom. The molecule has 2 aromatic rings. The van der Waals surface area contributed by atoms with E-state index >= 15 is 0 Å². The van der Waals surface area contributed by atoms with E-state index in [0.29, 0.717) is 21.4 Å². The average Bonchev–Trinajstić information content (AvgIpc) is 2.54. The van der Waals surface area contributed by atoms with Crippen LogP contribution in [0.25, 0.3) is 0 Å². The van der Waals surface area contributed by atoms with Gasteiger partial charge in [0, 0.05) is 10.6 Å². The van der Waals surface area contributed by atoms with Crippen molar-refractivity contribution in [2.45, 2.75) is 33.1 Å². The number of carbonyl (C=O) groups excluding carboxylic acids is 1. The second-order valence-corrected chi connectivity index (χ2v) is 7.84. The number of halogens is 2. The third-order valence-electron chi connectivity index (χ3n) is 3.66. The molecule has 0 saturated heterocycles. The molecular formula is C20H22Cl2N2O2. The van der Waals surface area contributed by atoms with Crippen LogP contribution in [0.15, 0.2) is 41.5 Å². The Morgan fingerprint density at radius 3 is 2.58 bits per heavy atom. The predicted octanol–water partition coefficient (Wildman–Crippen LogP) is 5.13. The molecule has 0 aliphatic heterocycles. The summed E-state index contributed by atoms with van der Waals surface area (Å²) >= 11 is 11.9. The minimum Gasteiger partial charge on any atom is -0.483 e. The second kappa shape index (κ2) is 8.56. The highest BCUT2D eigenvalue weighted by atomic mass is 35.5. The largest absolute Gasteiger partial charge is 0.483 e. The van der Waals surface area contributed by atoms with Crippen LogP contribution in [0.2, 0.25) is 10.0 Å². The van der Waals surface area contributed by atoms with Gasteiger partial charge in [-0.25, -0.2) is 5.43 Å². The van der Waals surface area contributed by atoms with Gasteiger partial charge in [0.2, 0.25) is 0 Å². The first kappa shape index (κ1) is 20.3. The fourth-order valence-corrected chi connectivity index (χ4v) is 2.78. The quantitative estimate of drug-likeness (QED) is 0.566. The molecule has 0 bridgehead atoms. The van der Waals surface area contributed by atoms with E-state index in [1.165, 1.54) is 6.21 Å². The molecule has 0 saturated carbocycles. The van der Waals surface area contributed by atoms with E-state index in [4.69, 9.17) is 27.9 Å². The van der Waals surface area contributed by atoms with Crippen LogP contribution >= 0.6 is 23.2 Å². The molecular weight excluding hydrogens is 371 g/mol. The molecule has 1 N–H and O–H groups in total. The molecule has 0 radical (unpaired) electrons. The van der Waals surface area contributed by atoms with Gasteiger partial charge < -0.3 is 4.74 Å². The van der Waals surface area contributed by atoms with E-state index in [2.05, 4.69) is 31.3 Å². The Morgan fingerprint density at radius 2 is 1.92 bits per heavy atom. The summed E-state index contributed by atoms with van der Waals surface area (Å²) in [6.45, 7) is 8.16. The number of ether oxygens (including phenoxy) is 1. The lowest BCUT2D eigenvalue weighted by atomic mass is 9.86. The Kier molecular flexibility index (Phi) is 6.68. The zero-order valence-corrected chi connectivity index (χ0v) is 16.8. The summed E-state index contributed by atoms with van der Waals surface area (Å²) in [4.78, 5) is 12.0. The van der Waals surface area contributed by atoms with Crippen molar-refractivity contribution in [2.75, 3.05) is 6.61 Å². The number of nitrogens with one attached hydrogen (secondary N) is 1. The number of benzene rings is 2. The summed E-state index contributed by atoms with van der Waals surface area (Å²) in [5.41, 5.74) is 5.13. The number of aryl methyl sites for hydroxylation is 1. The van der Waals surface area contributed by atoms with Crippen LogP contribution in [0.1, 0.15) is 37.5 Å². The summed E-state index contributed by atoms with van der Waals surface area (Å²) in [7, 11) is 0. The molecule has 2 rings (SSSR count). The first-order valence-corrected chi connectivity index (χ1v) is 8.93. The lowest BCUT2D eigenvalue weighted by molar-refractivity contribution is -0.123. The molecule has 6 heteroatoms. The van der Waals surface area contributed by atoms with Crippen LogP contribution in [-0.4, -0.2) is 18.7 Å². The van der Waals surface area contributed by atoms with Crippen molar-refractivity contribution >= 4 is 35.3 Å². The van der Waals surface area contributed by atoms with Crippen LogP contribution in [0.3, 0.4) is 0 Å². The van der Waals surface area contributed by atoms with Crippen LogP contribution in [-0.2, 0) is 10.2 Å². The van der Waals surface area contributed by atoms with Crippen molar-refractivity contribution < 1.29 is 9.53 Å². The molecule has 0 aliphatic rings. The van der Waals surface area contributed by atoms with Gasteiger partial charge in [0.05, 0.1) is 11.2 Å². The van der Waals surface area contributed by atoms with Crippen molar-refractivity contribution in [2.24, 2.45) is 5.10 Å². The zero-order chi connectivity index (χ0) is 19.3. The smallest absolute Gasteiger partial charge is 0.277 e. The third kappa shape index (κ3) is 5.75. The van der Waals surface area contributed by atoms with Gasteiger partial charge in [-0.2, -0.15) is 5.10 Å². The average molecular weight is 393 g/mol. The molecule has 26 heavy (non-hydrogen) atoms. The van der Waals surface area contributed by atoms with E-state index in [1.807, 2.05) is 25.1 Å². The molecule has 0 fully saturated rings. The Bertz CT molecular complexity index is 827. The predicted molar refractivity (Wildman–Crippen MR) is 108 cm³/mol. The van der Waals surface area contributed by atoms with Gasteiger partial charge in [-0.05, 0) is 41.7 Å². The first-order chi connectivity index (χ1) is 12.2. The van der Waals surface area contributed by atoms with Crippen molar-refractivity contribution in [3.63, 3.8) is 0 Å². The molecule has 2 aromatic carbocycles. The maximum Gasteiger partial charge on any atom is 0.277 e. The number of hydrogen-bond acceptors (Lipinski definition) is 3. The highest BCUT2D eigenvalue weighted by molar-refractivity contribution is 6.36. The van der Waals surface area contributed by atoms with Crippen LogP contribution in [0.4, 0.5) is 0 Å². The summed E-state index contributed by atoms with van der Waals surface area (Å²) in [5.74, 6) is 0.352. The first-order valence-electron chi connectivity index (χ1n) is 8.17. The van der Waals surface area contributed by atoms with Gasteiger partial charge in [0.1, 0.15) is 5.75 Å². The molecule has 4 nitrogen and oxygen atoms in total.